The highest BCUT2D eigenvalue weighted by Crippen LogP contribution is 2.21. The highest BCUT2D eigenvalue weighted by Gasteiger charge is 2.33. The Morgan fingerprint density at radius 1 is 1.02 bits per heavy atom. The number of likely N-dealkylation sites (tertiary alicyclic amines) is 1. The van der Waals surface area contributed by atoms with Crippen LogP contribution in [-0.4, -0.2) is 88.7 Å². The Labute approximate surface area is 322 Å². The van der Waals surface area contributed by atoms with Crippen LogP contribution in [0.1, 0.15) is 84.0 Å². The van der Waals surface area contributed by atoms with E-state index in [1.54, 1.807) is 6.20 Å². The average molecular weight is 747 g/mol. The normalized spacial score (nSPS) is 16.6. The van der Waals surface area contributed by atoms with Gasteiger partial charge in [-0.3, -0.25) is 19.7 Å². The number of H-pyrrole nitrogens is 1. The van der Waals surface area contributed by atoms with Gasteiger partial charge >= 0.3 is 6.03 Å². The summed E-state index contributed by atoms with van der Waals surface area (Å²) in [6.07, 6.45) is 5.35. The smallest absolute Gasteiger partial charge is 0.315 e. The zero-order chi connectivity index (χ0) is 39.9. The summed E-state index contributed by atoms with van der Waals surface area (Å²) >= 11 is 0. The van der Waals surface area contributed by atoms with Crippen molar-refractivity contribution in [2.75, 3.05) is 39.3 Å². The maximum Gasteiger partial charge on any atom is 0.315 e. The zero-order valence-electron chi connectivity index (χ0n) is 33.8. The molecule has 14 nitrogen and oxygen atoms in total. The molecule has 14 heteroatoms. The highest BCUT2D eigenvalue weighted by atomic mass is 16.2. The number of pyridine rings is 1. The van der Waals surface area contributed by atoms with E-state index in [1.807, 2.05) is 78.9 Å². The number of nitrogens with zero attached hydrogens (tertiary/aromatic N) is 4. The first kappa shape index (κ1) is 44.0. The van der Waals surface area contributed by atoms with E-state index < -0.39 is 0 Å². The Hall–Kier alpha value is -4.37. The fraction of sp³-hybridized carbons (Fsp3) is 0.575. The predicted octanol–water partition coefficient (Wildman–Crippen LogP) is 3.10. The number of benzene rings is 1. The number of carbonyl (C=O) groups is 1. The lowest BCUT2D eigenvalue weighted by Crippen LogP contribution is -2.50. The van der Waals surface area contributed by atoms with Gasteiger partial charge in [0.25, 0.3) is 5.56 Å². The Morgan fingerprint density at radius 2 is 1.74 bits per heavy atom. The maximum atomic E-state index is 12.4. The molecule has 1 aliphatic rings. The molecule has 0 radical (unpaired) electrons. The standard InChI is InChI=1S/C21H38N6O.C19H28N6O/c1-15-6-7-17(24-10-15)11-23-12-19-8-18(14-27(19)13-16(2)9-22)25-20(28)26-21(3,4)5;1-19(2,3)17-24-12-15(16(26)25-17)14-7-5-13(6-8-14)11-22-9-4-10-23-18(20)21/h6-7,10,16,18-19,23H,8-9,11-14,22H2,1-5H3,(H2,25,26,28);5-8,12,22H,4,9-11H2,1-3H3,(H4,20,21,23)(H,24,25,26)/t16-,18+,19-;/m0./s1. The Kier molecular flexibility index (Phi) is 17.1. The molecule has 298 valence electrons. The van der Waals surface area contributed by atoms with E-state index in [4.69, 9.17) is 17.2 Å². The van der Waals surface area contributed by atoms with E-state index >= 15 is 0 Å². The first-order chi connectivity index (χ1) is 25.4. The van der Waals surface area contributed by atoms with E-state index in [9.17, 15) is 9.59 Å². The maximum absolute atomic E-state index is 12.4. The summed E-state index contributed by atoms with van der Waals surface area (Å²) in [6, 6.07) is 12.5. The number of amides is 2. The molecule has 0 bridgehead atoms. The van der Waals surface area contributed by atoms with Crippen molar-refractivity contribution in [3.63, 3.8) is 0 Å². The van der Waals surface area contributed by atoms with Gasteiger partial charge in [-0.2, -0.15) is 0 Å². The van der Waals surface area contributed by atoms with Crippen molar-refractivity contribution in [1.82, 2.24) is 41.1 Å². The lowest BCUT2D eigenvalue weighted by Gasteiger charge is -2.27. The third-order valence-corrected chi connectivity index (χ3v) is 8.87. The number of hydrogen-bond donors (Lipinski definition) is 8. The number of urea groups is 1. The van der Waals surface area contributed by atoms with Crippen molar-refractivity contribution in [3.05, 3.63) is 81.8 Å². The van der Waals surface area contributed by atoms with E-state index in [1.165, 1.54) is 5.56 Å². The molecule has 1 aliphatic heterocycles. The summed E-state index contributed by atoms with van der Waals surface area (Å²) in [5.74, 6) is 1.25. The van der Waals surface area contributed by atoms with Gasteiger partial charge in [-0.1, -0.05) is 58.0 Å². The average Bonchev–Trinajstić information content (AvgIpc) is 3.46. The fourth-order valence-corrected chi connectivity index (χ4v) is 5.96. The minimum absolute atomic E-state index is 0.0956. The van der Waals surface area contributed by atoms with E-state index in [-0.39, 0.29) is 34.5 Å². The topological polar surface area (TPSA) is 217 Å². The molecule has 0 unspecified atom stereocenters. The van der Waals surface area contributed by atoms with Crippen molar-refractivity contribution >= 4 is 12.0 Å². The van der Waals surface area contributed by atoms with Crippen LogP contribution in [0.3, 0.4) is 0 Å². The van der Waals surface area contributed by atoms with Crippen LogP contribution < -0.4 is 44.0 Å². The number of guanidine groups is 1. The van der Waals surface area contributed by atoms with Gasteiger partial charge in [0.05, 0.1) is 11.3 Å². The minimum Gasteiger partial charge on any atom is -0.370 e. The number of aromatic nitrogens is 3. The number of aliphatic imine (C=N–C) groups is 1. The van der Waals surface area contributed by atoms with Gasteiger partial charge in [0.1, 0.15) is 5.82 Å². The third-order valence-electron chi connectivity index (χ3n) is 8.87. The Bertz CT molecular complexity index is 1660. The molecule has 1 aromatic carbocycles. The van der Waals surface area contributed by atoms with Crippen LogP contribution >= 0.6 is 0 Å². The molecule has 54 heavy (non-hydrogen) atoms. The highest BCUT2D eigenvalue weighted by molar-refractivity contribution is 5.75. The lowest BCUT2D eigenvalue weighted by atomic mass is 9.95. The van der Waals surface area contributed by atoms with Crippen LogP contribution in [-0.2, 0) is 18.5 Å². The summed E-state index contributed by atoms with van der Waals surface area (Å²) < 4.78 is 0. The summed E-state index contributed by atoms with van der Waals surface area (Å²) in [5.41, 5.74) is 20.7. The number of rotatable bonds is 15. The molecule has 3 heterocycles. The van der Waals surface area contributed by atoms with Crippen molar-refractivity contribution in [2.45, 2.75) is 104 Å². The molecule has 0 spiro atoms. The SMILES string of the molecule is CC(C)(C)c1ncc(-c2ccc(CNCCCN=C(N)N)cc2)c(=O)[nH]1.Cc1ccc(CNC[C@@H]2C[C@@H](NC(=O)NC(C)(C)C)CN2C[C@@H](C)CN)nc1. The Morgan fingerprint density at radius 3 is 2.33 bits per heavy atom. The van der Waals surface area contributed by atoms with Crippen molar-refractivity contribution in [1.29, 1.82) is 0 Å². The summed E-state index contributed by atoms with van der Waals surface area (Å²) in [7, 11) is 0. The van der Waals surface area contributed by atoms with Crippen LogP contribution in [0.2, 0.25) is 0 Å². The second kappa shape index (κ2) is 20.9. The monoisotopic (exact) mass is 747 g/mol. The molecule has 2 amide bonds. The number of nitrogens with two attached hydrogens (primary N) is 3. The largest absolute Gasteiger partial charge is 0.370 e. The van der Waals surface area contributed by atoms with Crippen LogP contribution in [0.25, 0.3) is 11.1 Å². The molecule has 0 aliphatic carbocycles. The van der Waals surface area contributed by atoms with Gasteiger partial charge in [0, 0.05) is 74.7 Å². The molecule has 2 aromatic heterocycles. The molecule has 4 rings (SSSR count). The van der Waals surface area contributed by atoms with Crippen LogP contribution in [0, 0.1) is 12.8 Å². The number of hydrogen-bond acceptors (Lipinski definition) is 9. The van der Waals surface area contributed by atoms with Crippen molar-refractivity contribution < 1.29 is 4.79 Å². The van der Waals surface area contributed by atoms with Crippen LogP contribution in [0.5, 0.6) is 0 Å². The first-order valence-electron chi connectivity index (χ1n) is 19.0. The van der Waals surface area contributed by atoms with Crippen molar-refractivity contribution in [3.8, 4) is 11.1 Å². The molecule has 0 saturated carbocycles. The van der Waals surface area contributed by atoms with Gasteiger partial charge in [0.15, 0.2) is 5.96 Å². The quantitative estimate of drug-likeness (QED) is 0.0646. The van der Waals surface area contributed by atoms with Crippen molar-refractivity contribution in [2.24, 2.45) is 28.1 Å². The van der Waals surface area contributed by atoms with Gasteiger partial charge in [0.2, 0.25) is 0 Å². The zero-order valence-corrected chi connectivity index (χ0v) is 33.8. The van der Waals surface area contributed by atoms with Gasteiger partial charge in [-0.25, -0.2) is 9.78 Å². The minimum atomic E-state index is -0.238. The second-order valence-corrected chi connectivity index (χ2v) is 16.4. The number of aromatic amines is 1. The third kappa shape index (κ3) is 15.9. The fourth-order valence-electron chi connectivity index (χ4n) is 5.96. The summed E-state index contributed by atoms with van der Waals surface area (Å²) in [4.78, 5) is 42.7. The van der Waals surface area contributed by atoms with Gasteiger partial charge < -0.3 is 43.5 Å². The lowest BCUT2D eigenvalue weighted by molar-refractivity contribution is 0.213. The predicted molar refractivity (Wildman–Crippen MR) is 220 cm³/mol. The first-order valence-corrected chi connectivity index (χ1v) is 19.0. The van der Waals surface area contributed by atoms with Gasteiger partial charge in [-0.05, 0) is 82.3 Å². The molecule has 1 saturated heterocycles. The second-order valence-electron chi connectivity index (χ2n) is 16.4. The molecular weight excluding hydrogens is 681 g/mol. The molecule has 3 aromatic rings. The van der Waals surface area contributed by atoms with E-state index in [0.29, 0.717) is 36.4 Å². The molecule has 11 N–H and O–H groups in total. The number of aryl methyl sites for hydroxylation is 1. The molecule has 1 fully saturated rings. The number of nitrogens with one attached hydrogen (secondary N) is 5. The van der Waals surface area contributed by atoms with E-state index in [0.717, 1.165) is 68.9 Å². The van der Waals surface area contributed by atoms with Crippen LogP contribution in [0.15, 0.2) is 58.6 Å². The van der Waals surface area contributed by atoms with Gasteiger partial charge in [-0.15, -0.1) is 0 Å². The molecular formula is C40H66N12O2. The summed E-state index contributed by atoms with van der Waals surface area (Å²) in [6.45, 7) is 22.5. The van der Waals surface area contributed by atoms with Crippen LogP contribution in [0.4, 0.5) is 4.79 Å². The molecule has 3 atom stereocenters. The van der Waals surface area contributed by atoms with E-state index in [2.05, 4.69) is 65.2 Å². The number of carbonyl (C=O) groups excluding carboxylic acids is 1. The summed E-state index contributed by atoms with van der Waals surface area (Å²) in [5, 5.41) is 13.0. The Balaban J connectivity index is 0.000000291.